The highest BCUT2D eigenvalue weighted by molar-refractivity contribution is 5.81. The van der Waals surface area contributed by atoms with Gasteiger partial charge in [-0.1, -0.05) is 44.2 Å². The van der Waals surface area contributed by atoms with Gasteiger partial charge < -0.3 is 15.4 Å². The van der Waals surface area contributed by atoms with Gasteiger partial charge in [0.25, 0.3) is 5.91 Å². The van der Waals surface area contributed by atoms with Gasteiger partial charge >= 0.3 is 0 Å². The molecule has 1 amide bonds. The van der Waals surface area contributed by atoms with Crippen molar-refractivity contribution in [1.82, 2.24) is 4.90 Å². The minimum atomic E-state index is -0.388. The highest BCUT2D eigenvalue weighted by Gasteiger charge is 2.35. The summed E-state index contributed by atoms with van der Waals surface area (Å²) in [6.07, 6.45) is 0.588. The smallest absolute Gasteiger partial charge is 0.251 e. The Hall–Kier alpha value is -1.39. The first-order valence-corrected chi connectivity index (χ1v) is 8.20. The van der Waals surface area contributed by atoms with Crippen molar-refractivity contribution in [2.45, 2.75) is 45.3 Å². The molecule has 1 unspecified atom stereocenters. The first-order valence-electron chi connectivity index (χ1n) is 8.20. The average molecular weight is 304 g/mol. The van der Waals surface area contributed by atoms with E-state index in [2.05, 4.69) is 26.0 Å². The summed E-state index contributed by atoms with van der Waals surface area (Å²) in [7, 11) is 0. The lowest BCUT2D eigenvalue weighted by Gasteiger charge is -2.21. The van der Waals surface area contributed by atoms with Crippen molar-refractivity contribution >= 4 is 5.91 Å². The van der Waals surface area contributed by atoms with Gasteiger partial charge in [0.05, 0.1) is 0 Å². The van der Waals surface area contributed by atoms with Gasteiger partial charge in [0, 0.05) is 31.7 Å². The summed E-state index contributed by atoms with van der Waals surface area (Å²) in [5, 5.41) is 0. The van der Waals surface area contributed by atoms with Crippen LogP contribution in [0, 0.1) is 5.92 Å². The van der Waals surface area contributed by atoms with Gasteiger partial charge in [-0.05, 0) is 24.8 Å². The molecule has 1 aromatic carbocycles. The Balaban J connectivity index is 1.89. The SMILES string of the molecule is CC(C)CCOC(C)C(=O)N1C[C@@H](N)[C@H](c2ccccc2)C1. The van der Waals surface area contributed by atoms with E-state index in [1.54, 1.807) is 0 Å². The van der Waals surface area contributed by atoms with Crippen molar-refractivity contribution in [2.75, 3.05) is 19.7 Å². The Morgan fingerprint density at radius 1 is 1.27 bits per heavy atom. The maximum Gasteiger partial charge on any atom is 0.251 e. The Morgan fingerprint density at radius 3 is 2.59 bits per heavy atom. The Morgan fingerprint density at radius 2 is 1.95 bits per heavy atom. The van der Waals surface area contributed by atoms with E-state index in [0.29, 0.717) is 25.6 Å². The molecule has 2 N–H and O–H groups in total. The highest BCUT2D eigenvalue weighted by Crippen LogP contribution is 2.26. The second-order valence-corrected chi connectivity index (χ2v) is 6.62. The number of ether oxygens (including phenoxy) is 1. The van der Waals surface area contributed by atoms with Gasteiger partial charge in [0.2, 0.25) is 0 Å². The maximum atomic E-state index is 12.5. The number of carbonyl (C=O) groups excluding carboxylic acids is 1. The highest BCUT2D eigenvalue weighted by atomic mass is 16.5. The second kappa shape index (κ2) is 7.75. The van der Waals surface area contributed by atoms with E-state index < -0.39 is 0 Å². The Bertz CT molecular complexity index is 475. The zero-order valence-corrected chi connectivity index (χ0v) is 13.9. The van der Waals surface area contributed by atoms with Crippen molar-refractivity contribution in [3.05, 3.63) is 35.9 Å². The van der Waals surface area contributed by atoms with Crippen molar-refractivity contribution in [2.24, 2.45) is 11.7 Å². The summed E-state index contributed by atoms with van der Waals surface area (Å²) in [6.45, 7) is 8.06. The monoisotopic (exact) mass is 304 g/mol. The second-order valence-electron chi connectivity index (χ2n) is 6.62. The molecule has 0 aliphatic carbocycles. The van der Waals surface area contributed by atoms with Crippen LogP contribution in [0.1, 0.15) is 38.7 Å². The molecule has 0 aromatic heterocycles. The van der Waals surface area contributed by atoms with E-state index in [1.165, 1.54) is 5.56 Å². The number of benzene rings is 1. The average Bonchev–Trinajstić information content (AvgIpc) is 2.88. The fraction of sp³-hybridized carbons (Fsp3) is 0.611. The van der Waals surface area contributed by atoms with Crippen LogP contribution in [-0.2, 0) is 9.53 Å². The molecule has 122 valence electrons. The number of likely N-dealkylation sites (tertiary alicyclic amines) is 1. The summed E-state index contributed by atoms with van der Waals surface area (Å²) in [4.78, 5) is 14.3. The quantitative estimate of drug-likeness (QED) is 0.878. The fourth-order valence-electron chi connectivity index (χ4n) is 2.87. The molecule has 0 spiro atoms. The molecule has 1 saturated heterocycles. The minimum Gasteiger partial charge on any atom is -0.369 e. The Kier molecular flexibility index (Phi) is 5.98. The van der Waals surface area contributed by atoms with Gasteiger partial charge in [0.15, 0.2) is 0 Å². The molecule has 1 fully saturated rings. The van der Waals surface area contributed by atoms with E-state index >= 15 is 0 Å². The lowest BCUT2D eigenvalue weighted by Crippen LogP contribution is -2.39. The fourth-order valence-corrected chi connectivity index (χ4v) is 2.87. The molecule has 1 aliphatic rings. The van der Waals surface area contributed by atoms with Crippen LogP contribution in [-0.4, -0.2) is 42.6 Å². The molecular formula is C18H28N2O2. The molecule has 1 aliphatic heterocycles. The van der Waals surface area contributed by atoms with Crippen molar-refractivity contribution < 1.29 is 9.53 Å². The molecule has 4 nitrogen and oxygen atoms in total. The number of nitrogens with zero attached hydrogens (tertiary/aromatic N) is 1. The Labute approximate surface area is 133 Å². The van der Waals surface area contributed by atoms with Crippen LogP contribution in [0.2, 0.25) is 0 Å². The van der Waals surface area contributed by atoms with E-state index in [4.69, 9.17) is 10.5 Å². The van der Waals surface area contributed by atoms with Crippen LogP contribution in [0.5, 0.6) is 0 Å². The molecule has 0 saturated carbocycles. The van der Waals surface area contributed by atoms with Gasteiger partial charge in [-0.15, -0.1) is 0 Å². The van der Waals surface area contributed by atoms with Gasteiger partial charge in [0.1, 0.15) is 6.10 Å². The summed E-state index contributed by atoms with van der Waals surface area (Å²) in [5.41, 5.74) is 7.45. The number of carbonyl (C=O) groups is 1. The molecule has 0 bridgehead atoms. The predicted octanol–water partition coefficient (Wildman–Crippen LogP) is 2.39. The first-order chi connectivity index (χ1) is 10.5. The molecule has 1 aromatic rings. The standard InChI is InChI=1S/C18H28N2O2/c1-13(2)9-10-22-14(3)18(21)20-11-16(17(19)12-20)15-7-5-4-6-8-15/h4-8,13-14,16-17H,9-12,19H2,1-3H3/t14?,16-,17+/m0/s1. The van der Waals surface area contributed by atoms with E-state index in [1.807, 2.05) is 30.0 Å². The largest absolute Gasteiger partial charge is 0.369 e. The predicted molar refractivity (Wildman–Crippen MR) is 88.6 cm³/mol. The third-order valence-corrected chi connectivity index (χ3v) is 4.32. The van der Waals surface area contributed by atoms with Crippen molar-refractivity contribution in [1.29, 1.82) is 0 Å². The molecule has 3 atom stereocenters. The molecule has 22 heavy (non-hydrogen) atoms. The van der Waals surface area contributed by atoms with E-state index in [0.717, 1.165) is 6.42 Å². The lowest BCUT2D eigenvalue weighted by molar-refractivity contribution is -0.141. The molecule has 2 rings (SSSR count). The summed E-state index contributed by atoms with van der Waals surface area (Å²) >= 11 is 0. The number of nitrogens with two attached hydrogens (primary N) is 1. The third-order valence-electron chi connectivity index (χ3n) is 4.32. The zero-order chi connectivity index (χ0) is 16.1. The topological polar surface area (TPSA) is 55.6 Å². The van der Waals surface area contributed by atoms with Crippen LogP contribution in [0.15, 0.2) is 30.3 Å². The zero-order valence-electron chi connectivity index (χ0n) is 13.9. The van der Waals surface area contributed by atoms with Crippen LogP contribution >= 0.6 is 0 Å². The van der Waals surface area contributed by atoms with Crippen molar-refractivity contribution in [3.63, 3.8) is 0 Å². The summed E-state index contributed by atoms with van der Waals surface area (Å²) < 4.78 is 5.67. The lowest BCUT2D eigenvalue weighted by atomic mass is 9.95. The van der Waals surface area contributed by atoms with Gasteiger partial charge in [-0.2, -0.15) is 0 Å². The van der Waals surface area contributed by atoms with Crippen LogP contribution in [0.3, 0.4) is 0 Å². The summed E-state index contributed by atoms with van der Waals surface area (Å²) in [6, 6.07) is 10.2. The molecular weight excluding hydrogens is 276 g/mol. The first kappa shape index (κ1) is 17.0. The van der Waals surface area contributed by atoms with Crippen LogP contribution in [0.4, 0.5) is 0 Å². The van der Waals surface area contributed by atoms with Crippen LogP contribution in [0.25, 0.3) is 0 Å². The van der Waals surface area contributed by atoms with E-state index in [-0.39, 0.29) is 24.0 Å². The molecule has 4 heteroatoms. The maximum absolute atomic E-state index is 12.5. The normalized spacial score (nSPS) is 23.0. The number of amides is 1. The van der Waals surface area contributed by atoms with Gasteiger partial charge in [-0.3, -0.25) is 4.79 Å². The number of hydrogen-bond donors (Lipinski definition) is 1. The summed E-state index contributed by atoms with van der Waals surface area (Å²) in [5.74, 6) is 0.857. The minimum absolute atomic E-state index is 0.00536. The molecule has 1 heterocycles. The number of rotatable bonds is 6. The van der Waals surface area contributed by atoms with Crippen molar-refractivity contribution in [3.8, 4) is 0 Å². The van der Waals surface area contributed by atoms with Crippen LogP contribution < -0.4 is 5.73 Å². The van der Waals surface area contributed by atoms with E-state index in [9.17, 15) is 4.79 Å². The van der Waals surface area contributed by atoms with Gasteiger partial charge in [-0.25, -0.2) is 0 Å². The third kappa shape index (κ3) is 4.31. The molecule has 0 radical (unpaired) electrons. The number of hydrogen-bond acceptors (Lipinski definition) is 3.